The summed E-state index contributed by atoms with van der Waals surface area (Å²) in [5.41, 5.74) is 7.53. The van der Waals surface area contributed by atoms with Crippen molar-refractivity contribution in [3.63, 3.8) is 0 Å². The molecule has 0 spiro atoms. The lowest BCUT2D eigenvalue weighted by atomic mass is 9.64. The predicted molar refractivity (Wildman–Crippen MR) is 60.5 cm³/mol. The van der Waals surface area contributed by atoms with Crippen molar-refractivity contribution in [1.29, 1.82) is 0 Å². The number of hydrogen-bond acceptors (Lipinski definition) is 1. The van der Waals surface area contributed by atoms with Gasteiger partial charge in [0.2, 0.25) is 0 Å². The third kappa shape index (κ3) is 1.63. The third-order valence-electron chi connectivity index (χ3n) is 3.87. The largest absolute Gasteiger partial charge is 0.330 e. The summed E-state index contributed by atoms with van der Waals surface area (Å²) in [5, 5.41) is 0. The van der Waals surface area contributed by atoms with E-state index in [1.165, 1.54) is 6.07 Å². The van der Waals surface area contributed by atoms with Crippen LogP contribution in [0.5, 0.6) is 0 Å². The lowest BCUT2D eigenvalue weighted by Gasteiger charge is -2.41. The van der Waals surface area contributed by atoms with Crippen molar-refractivity contribution < 1.29 is 8.78 Å². The minimum absolute atomic E-state index is 0.0551. The zero-order valence-electron chi connectivity index (χ0n) is 9.52. The van der Waals surface area contributed by atoms with E-state index >= 15 is 0 Å². The quantitative estimate of drug-likeness (QED) is 0.840. The van der Waals surface area contributed by atoms with Crippen LogP contribution < -0.4 is 5.73 Å². The number of nitrogens with two attached hydrogens (primary N) is 1. The van der Waals surface area contributed by atoms with Crippen molar-refractivity contribution in [2.45, 2.75) is 38.3 Å². The Bertz CT molecular complexity index is 368. The van der Waals surface area contributed by atoms with Crippen molar-refractivity contribution in [2.24, 2.45) is 5.73 Å². The van der Waals surface area contributed by atoms with Crippen LogP contribution in [0.2, 0.25) is 0 Å². The van der Waals surface area contributed by atoms with Gasteiger partial charge < -0.3 is 5.73 Å². The molecule has 1 aliphatic carbocycles. The smallest absolute Gasteiger partial charge is 0.129 e. The Morgan fingerprint density at radius 2 is 2.06 bits per heavy atom. The van der Waals surface area contributed by atoms with Crippen LogP contribution in [0, 0.1) is 12.7 Å². The first-order valence-corrected chi connectivity index (χ1v) is 5.68. The Morgan fingerprint density at radius 3 is 2.44 bits per heavy atom. The van der Waals surface area contributed by atoms with Crippen molar-refractivity contribution in [1.82, 2.24) is 0 Å². The Kier molecular flexibility index (Phi) is 2.98. The monoisotopic (exact) mass is 225 g/mol. The minimum Gasteiger partial charge on any atom is -0.330 e. The van der Waals surface area contributed by atoms with Crippen molar-refractivity contribution in [3.8, 4) is 0 Å². The fourth-order valence-electron chi connectivity index (χ4n) is 2.46. The molecule has 0 unspecified atom stereocenters. The molecule has 1 nitrogen and oxygen atoms in total. The Hall–Kier alpha value is -0.960. The Morgan fingerprint density at radius 1 is 1.38 bits per heavy atom. The highest BCUT2D eigenvalue weighted by Crippen LogP contribution is 2.43. The lowest BCUT2D eigenvalue weighted by Crippen LogP contribution is -2.41. The zero-order chi connectivity index (χ0) is 11.8. The van der Waals surface area contributed by atoms with Gasteiger partial charge in [-0.25, -0.2) is 8.78 Å². The fourth-order valence-corrected chi connectivity index (χ4v) is 2.46. The van der Waals surface area contributed by atoms with Gasteiger partial charge in [-0.2, -0.15) is 0 Å². The second kappa shape index (κ2) is 4.13. The standard InChI is InChI=1S/C13H17F2N/c1-9-5-10(6-12(15)11(9)7-14)13(8-16)3-2-4-13/h5-6H,2-4,7-8,16H2,1H3. The summed E-state index contributed by atoms with van der Waals surface area (Å²) in [6.07, 6.45) is 3.16. The number of alkyl halides is 1. The average molecular weight is 225 g/mol. The van der Waals surface area contributed by atoms with Crippen LogP contribution in [0.3, 0.4) is 0 Å². The normalized spacial score (nSPS) is 18.2. The van der Waals surface area contributed by atoms with Crippen LogP contribution in [0.15, 0.2) is 12.1 Å². The van der Waals surface area contributed by atoms with E-state index in [1.54, 1.807) is 6.92 Å². The van der Waals surface area contributed by atoms with E-state index in [0.29, 0.717) is 12.1 Å². The summed E-state index contributed by atoms with van der Waals surface area (Å²) >= 11 is 0. The van der Waals surface area contributed by atoms with Gasteiger partial charge >= 0.3 is 0 Å². The van der Waals surface area contributed by atoms with Gasteiger partial charge in [-0.15, -0.1) is 0 Å². The molecule has 0 saturated heterocycles. The fraction of sp³-hybridized carbons (Fsp3) is 0.538. The average Bonchev–Trinajstić information content (AvgIpc) is 2.16. The number of benzene rings is 1. The first-order valence-electron chi connectivity index (χ1n) is 5.68. The summed E-state index contributed by atoms with van der Waals surface area (Å²) in [5.74, 6) is -0.433. The van der Waals surface area contributed by atoms with E-state index in [-0.39, 0.29) is 11.0 Å². The van der Waals surface area contributed by atoms with Gasteiger partial charge in [0.05, 0.1) is 0 Å². The molecule has 16 heavy (non-hydrogen) atoms. The van der Waals surface area contributed by atoms with Crippen LogP contribution in [-0.2, 0) is 12.1 Å². The Labute approximate surface area is 94.7 Å². The number of aryl methyl sites for hydroxylation is 1. The summed E-state index contributed by atoms with van der Waals surface area (Å²) in [4.78, 5) is 0. The molecule has 1 aliphatic rings. The predicted octanol–water partition coefficient (Wildman–Crippen LogP) is 2.98. The van der Waals surface area contributed by atoms with Crippen molar-refractivity contribution >= 4 is 0 Å². The summed E-state index contributed by atoms with van der Waals surface area (Å²) in [7, 11) is 0. The second-order valence-electron chi connectivity index (χ2n) is 4.73. The third-order valence-corrected chi connectivity index (χ3v) is 3.87. The van der Waals surface area contributed by atoms with Gasteiger partial charge in [-0.1, -0.05) is 12.5 Å². The molecule has 1 aromatic rings. The minimum atomic E-state index is -0.742. The summed E-state index contributed by atoms with van der Waals surface area (Å²) < 4.78 is 26.2. The molecule has 88 valence electrons. The molecular formula is C13H17F2N. The van der Waals surface area contributed by atoms with E-state index < -0.39 is 12.5 Å². The van der Waals surface area contributed by atoms with Crippen molar-refractivity contribution in [3.05, 3.63) is 34.6 Å². The van der Waals surface area contributed by atoms with Crippen molar-refractivity contribution in [2.75, 3.05) is 6.54 Å². The van der Waals surface area contributed by atoms with E-state index in [9.17, 15) is 8.78 Å². The summed E-state index contributed by atoms with van der Waals surface area (Å²) in [6, 6.07) is 3.36. The van der Waals surface area contributed by atoms with Crippen LogP contribution in [0.1, 0.15) is 36.0 Å². The van der Waals surface area contributed by atoms with E-state index in [4.69, 9.17) is 5.73 Å². The Balaban J connectivity index is 2.43. The molecule has 0 aromatic heterocycles. The summed E-state index contributed by atoms with van der Waals surface area (Å²) in [6.45, 7) is 1.55. The van der Waals surface area contributed by atoms with E-state index in [2.05, 4.69) is 0 Å². The van der Waals surface area contributed by atoms with E-state index in [0.717, 1.165) is 24.8 Å². The number of halogens is 2. The van der Waals surface area contributed by atoms with Gasteiger partial charge in [0, 0.05) is 17.5 Å². The molecule has 0 atom stereocenters. The van der Waals surface area contributed by atoms with Gasteiger partial charge in [-0.3, -0.25) is 0 Å². The van der Waals surface area contributed by atoms with Gasteiger partial charge in [0.25, 0.3) is 0 Å². The molecule has 0 heterocycles. The molecule has 2 N–H and O–H groups in total. The molecule has 1 fully saturated rings. The molecule has 0 aliphatic heterocycles. The van der Waals surface area contributed by atoms with Crippen LogP contribution in [-0.4, -0.2) is 6.54 Å². The lowest BCUT2D eigenvalue weighted by molar-refractivity contribution is 0.252. The molecule has 1 aromatic carbocycles. The molecule has 0 bridgehead atoms. The molecule has 0 amide bonds. The van der Waals surface area contributed by atoms with Crippen LogP contribution in [0.25, 0.3) is 0 Å². The van der Waals surface area contributed by atoms with Crippen LogP contribution >= 0.6 is 0 Å². The number of rotatable bonds is 3. The second-order valence-corrected chi connectivity index (χ2v) is 4.73. The first kappa shape index (κ1) is 11.5. The maximum atomic E-state index is 13.7. The van der Waals surface area contributed by atoms with Gasteiger partial charge in [0.15, 0.2) is 0 Å². The van der Waals surface area contributed by atoms with Gasteiger partial charge in [0.1, 0.15) is 12.5 Å². The first-order chi connectivity index (χ1) is 7.63. The molecule has 2 rings (SSSR count). The molecular weight excluding hydrogens is 208 g/mol. The van der Waals surface area contributed by atoms with Crippen LogP contribution in [0.4, 0.5) is 8.78 Å². The highest BCUT2D eigenvalue weighted by Gasteiger charge is 2.37. The highest BCUT2D eigenvalue weighted by molar-refractivity contribution is 5.38. The van der Waals surface area contributed by atoms with E-state index in [1.807, 2.05) is 6.07 Å². The van der Waals surface area contributed by atoms with Gasteiger partial charge in [-0.05, 0) is 37.0 Å². The zero-order valence-corrected chi connectivity index (χ0v) is 9.52. The maximum Gasteiger partial charge on any atom is 0.129 e. The molecule has 0 radical (unpaired) electrons. The number of hydrogen-bond donors (Lipinski definition) is 1. The topological polar surface area (TPSA) is 26.0 Å². The maximum absolute atomic E-state index is 13.7. The SMILES string of the molecule is Cc1cc(C2(CN)CCC2)cc(F)c1CF. The molecule has 3 heteroatoms. The highest BCUT2D eigenvalue weighted by atomic mass is 19.1. The molecule has 1 saturated carbocycles.